The largest absolute Gasteiger partial charge is 0.343 e. The van der Waals surface area contributed by atoms with Gasteiger partial charge in [-0.3, -0.25) is 19.7 Å². The SMILES string of the molecule is CN(C(=O)CNC(=O)/C=C/c1ccc([N+](=O)[O-])cc1)C1CCS(=O)(=O)CC1. The van der Waals surface area contributed by atoms with Gasteiger partial charge in [0.05, 0.1) is 23.0 Å². The summed E-state index contributed by atoms with van der Waals surface area (Å²) in [5.74, 6) is -0.628. The highest BCUT2D eigenvalue weighted by Crippen LogP contribution is 2.17. The Morgan fingerprint density at radius 1 is 1.26 bits per heavy atom. The van der Waals surface area contributed by atoms with Gasteiger partial charge in [-0.15, -0.1) is 0 Å². The monoisotopic (exact) mass is 395 g/mol. The lowest BCUT2D eigenvalue weighted by atomic mass is 10.1. The molecule has 1 heterocycles. The third kappa shape index (κ3) is 6.17. The van der Waals surface area contributed by atoms with Crippen molar-refractivity contribution in [1.82, 2.24) is 10.2 Å². The first-order valence-corrected chi connectivity index (χ1v) is 10.2. The molecule has 1 aromatic rings. The van der Waals surface area contributed by atoms with Crippen LogP contribution in [0.2, 0.25) is 0 Å². The van der Waals surface area contributed by atoms with Gasteiger partial charge in [-0.2, -0.15) is 0 Å². The number of hydrogen-bond acceptors (Lipinski definition) is 6. The molecule has 0 atom stereocenters. The Morgan fingerprint density at radius 3 is 2.41 bits per heavy atom. The molecule has 0 radical (unpaired) electrons. The summed E-state index contributed by atoms with van der Waals surface area (Å²) in [7, 11) is -1.40. The van der Waals surface area contributed by atoms with Crippen molar-refractivity contribution in [3.8, 4) is 0 Å². The molecule has 0 aliphatic carbocycles. The summed E-state index contributed by atoms with van der Waals surface area (Å²) < 4.78 is 22.9. The van der Waals surface area contributed by atoms with Crippen molar-refractivity contribution in [3.05, 3.63) is 46.0 Å². The van der Waals surface area contributed by atoms with Crippen LogP contribution in [0.15, 0.2) is 30.3 Å². The number of amides is 2. The highest BCUT2D eigenvalue weighted by molar-refractivity contribution is 7.91. The van der Waals surface area contributed by atoms with Crippen LogP contribution in [-0.4, -0.2) is 61.2 Å². The molecule has 9 nitrogen and oxygen atoms in total. The predicted molar refractivity (Wildman–Crippen MR) is 99.6 cm³/mol. The van der Waals surface area contributed by atoms with Gasteiger partial charge in [-0.05, 0) is 36.6 Å². The smallest absolute Gasteiger partial charge is 0.269 e. The van der Waals surface area contributed by atoms with E-state index in [4.69, 9.17) is 0 Å². The Kier molecular flexibility index (Phi) is 6.67. The summed E-state index contributed by atoms with van der Waals surface area (Å²) in [6, 6.07) is 5.55. The van der Waals surface area contributed by atoms with Crippen LogP contribution in [0.25, 0.3) is 6.08 Å². The number of non-ortho nitro benzene ring substituents is 1. The normalized spacial score (nSPS) is 16.8. The van der Waals surface area contributed by atoms with E-state index in [0.717, 1.165) is 0 Å². The number of nitrogens with zero attached hydrogens (tertiary/aromatic N) is 2. The minimum atomic E-state index is -3.00. The standard InChI is InChI=1S/C17H21N3O6S/c1-19(14-8-10-27(25,26)11-9-14)17(22)12-18-16(21)7-4-13-2-5-15(6-3-13)20(23)24/h2-7,14H,8-12H2,1H3,(H,18,21)/b7-4+. The van der Waals surface area contributed by atoms with Crippen molar-refractivity contribution in [2.45, 2.75) is 18.9 Å². The van der Waals surface area contributed by atoms with E-state index in [2.05, 4.69) is 5.32 Å². The topological polar surface area (TPSA) is 127 Å². The molecule has 2 rings (SSSR count). The van der Waals surface area contributed by atoms with Gasteiger partial charge in [-0.25, -0.2) is 8.42 Å². The molecule has 1 N–H and O–H groups in total. The second-order valence-corrected chi connectivity index (χ2v) is 8.59. The van der Waals surface area contributed by atoms with E-state index in [9.17, 15) is 28.1 Å². The third-order valence-electron chi connectivity index (χ3n) is 4.41. The Balaban J connectivity index is 1.80. The predicted octanol–water partition coefficient (Wildman–Crippen LogP) is 0.760. The maximum atomic E-state index is 12.2. The molecule has 0 unspecified atom stereocenters. The number of nitrogens with one attached hydrogen (secondary N) is 1. The van der Waals surface area contributed by atoms with Gasteiger partial charge >= 0.3 is 0 Å². The van der Waals surface area contributed by atoms with Crippen LogP contribution in [0.3, 0.4) is 0 Å². The fourth-order valence-electron chi connectivity index (χ4n) is 2.69. The number of benzene rings is 1. The zero-order valence-electron chi connectivity index (χ0n) is 14.8. The molecule has 1 aliphatic heterocycles. The van der Waals surface area contributed by atoms with Crippen LogP contribution in [0.1, 0.15) is 18.4 Å². The van der Waals surface area contributed by atoms with Crippen LogP contribution < -0.4 is 5.32 Å². The number of likely N-dealkylation sites (N-methyl/N-ethyl adjacent to an activating group) is 1. The first kappa shape index (κ1) is 20.6. The van der Waals surface area contributed by atoms with E-state index in [0.29, 0.717) is 18.4 Å². The number of hydrogen-bond donors (Lipinski definition) is 1. The van der Waals surface area contributed by atoms with E-state index >= 15 is 0 Å². The fraction of sp³-hybridized carbons (Fsp3) is 0.412. The van der Waals surface area contributed by atoms with Crippen molar-refractivity contribution in [2.24, 2.45) is 0 Å². The van der Waals surface area contributed by atoms with Crippen LogP contribution >= 0.6 is 0 Å². The highest BCUT2D eigenvalue weighted by Gasteiger charge is 2.28. The summed E-state index contributed by atoms with van der Waals surface area (Å²) in [5, 5.41) is 13.1. The van der Waals surface area contributed by atoms with Crippen LogP contribution in [-0.2, 0) is 19.4 Å². The number of sulfone groups is 1. The maximum Gasteiger partial charge on any atom is 0.269 e. The van der Waals surface area contributed by atoms with Gasteiger partial charge in [0.2, 0.25) is 11.8 Å². The Morgan fingerprint density at radius 2 is 1.85 bits per heavy atom. The molecule has 1 aromatic carbocycles. The molecule has 0 spiro atoms. The van der Waals surface area contributed by atoms with Gasteiger partial charge in [-0.1, -0.05) is 0 Å². The summed E-state index contributed by atoms with van der Waals surface area (Å²) in [6.45, 7) is -0.191. The van der Waals surface area contributed by atoms with E-state index in [1.165, 1.54) is 41.3 Å². The van der Waals surface area contributed by atoms with Crippen molar-refractivity contribution >= 4 is 33.4 Å². The second-order valence-electron chi connectivity index (χ2n) is 6.29. The van der Waals surface area contributed by atoms with E-state index < -0.39 is 20.7 Å². The molecule has 146 valence electrons. The van der Waals surface area contributed by atoms with Crippen molar-refractivity contribution in [3.63, 3.8) is 0 Å². The zero-order valence-corrected chi connectivity index (χ0v) is 15.6. The summed E-state index contributed by atoms with van der Waals surface area (Å²) in [6.07, 6.45) is 3.53. The average Bonchev–Trinajstić information content (AvgIpc) is 2.64. The molecule has 1 saturated heterocycles. The Bertz CT molecular complexity index is 834. The van der Waals surface area contributed by atoms with Crippen molar-refractivity contribution in [1.29, 1.82) is 0 Å². The molecule has 10 heteroatoms. The van der Waals surface area contributed by atoms with Gasteiger partial charge in [0.25, 0.3) is 5.69 Å². The van der Waals surface area contributed by atoms with Crippen molar-refractivity contribution < 1.29 is 22.9 Å². The number of nitro groups is 1. The van der Waals surface area contributed by atoms with Crippen molar-refractivity contribution in [2.75, 3.05) is 25.1 Å². The first-order valence-electron chi connectivity index (χ1n) is 8.34. The quantitative estimate of drug-likeness (QED) is 0.430. The lowest BCUT2D eigenvalue weighted by molar-refractivity contribution is -0.384. The van der Waals surface area contributed by atoms with E-state index in [1.54, 1.807) is 7.05 Å². The third-order valence-corrected chi connectivity index (χ3v) is 6.13. The molecule has 27 heavy (non-hydrogen) atoms. The molecule has 2 amide bonds. The Hall–Kier alpha value is -2.75. The molecule has 1 aliphatic rings. The summed E-state index contributed by atoms with van der Waals surface area (Å²) in [5.41, 5.74) is 0.573. The first-order chi connectivity index (χ1) is 12.7. The van der Waals surface area contributed by atoms with Gasteiger partial charge in [0.1, 0.15) is 9.84 Å². The molecular weight excluding hydrogens is 374 g/mol. The number of carbonyl (C=O) groups excluding carboxylic acids is 2. The number of nitro benzene ring substituents is 1. The maximum absolute atomic E-state index is 12.2. The Labute approximate surface area is 157 Å². The summed E-state index contributed by atoms with van der Waals surface area (Å²) in [4.78, 5) is 35.5. The minimum absolute atomic E-state index is 0.0410. The highest BCUT2D eigenvalue weighted by atomic mass is 32.2. The van der Waals surface area contributed by atoms with Crippen LogP contribution in [0.5, 0.6) is 0 Å². The lowest BCUT2D eigenvalue weighted by Crippen LogP contribution is -2.46. The van der Waals surface area contributed by atoms with Crippen LogP contribution in [0.4, 0.5) is 5.69 Å². The van der Waals surface area contributed by atoms with E-state index in [1.807, 2.05) is 0 Å². The van der Waals surface area contributed by atoms with Gasteiger partial charge in [0, 0.05) is 31.3 Å². The van der Waals surface area contributed by atoms with Gasteiger partial charge in [0.15, 0.2) is 0 Å². The second kappa shape index (κ2) is 8.76. The number of carbonyl (C=O) groups is 2. The zero-order chi connectivity index (χ0) is 20.0. The molecular formula is C17H21N3O6S. The van der Waals surface area contributed by atoms with E-state index in [-0.39, 0.29) is 35.7 Å². The van der Waals surface area contributed by atoms with Gasteiger partial charge < -0.3 is 10.2 Å². The molecule has 1 fully saturated rings. The molecule has 0 bridgehead atoms. The van der Waals surface area contributed by atoms with Crippen LogP contribution in [0, 0.1) is 10.1 Å². The fourth-order valence-corrected chi connectivity index (χ4v) is 4.16. The minimum Gasteiger partial charge on any atom is -0.343 e. The molecule has 0 saturated carbocycles. The lowest BCUT2D eigenvalue weighted by Gasteiger charge is -2.31. The molecule has 0 aromatic heterocycles. The number of rotatable bonds is 6. The summed E-state index contributed by atoms with van der Waals surface area (Å²) >= 11 is 0. The average molecular weight is 395 g/mol.